The minimum Gasteiger partial charge on any atom is -0.294 e. The molecule has 0 spiro atoms. The molecule has 3 heterocycles. The number of aryl methyl sites for hydroxylation is 3. The summed E-state index contributed by atoms with van der Waals surface area (Å²) in [5.41, 5.74) is 5.60. The number of carbonyl (C=O) groups is 1. The van der Waals surface area contributed by atoms with Crippen molar-refractivity contribution < 1.29 is 4.79 Å². The van der Waals surface area contributed by atoms with E-state index in [1.54, 1.807) is 17.5 Å². The van der Waals surface area contributed by atoms with Crippen LogP contribution in [0.3, 0.4) is 0 Å². The maximum Gasteiger partial charge on any atom is 0.230 e. The molecular weight excluding hydrogens is 394 g/mol. The molecule has 1 atom stereocenters. The lowest BCUT2D eigenvalue weighted by atomic mass is 9.86. The van der Waals surface area contributed by atoms with Gasteiger partial charge in [0, 0.05) is 28.8 Å². The molecule has 0 radical (unpaired) electrons. The molecule has 5 rings (SSSR count). The third-order valence-electron chi connectivity index (χ3n) is 5.71. The number of aromatic nitrogens is 4. The zero-order valence-electron chi connectivity index (χ0n) is 17.1. The second-order valence-electron chi connectivity index (χ2n) is 7.81. The van der Waals surface area contributed by atoms with Crippen LogP contribution >= 0.6 is 11.3 Å². The van der Waals surface area contributed by atoms with E-state index in [-0.39, 0.29) is 11.7 Å². The summed E-state index contributed by atoms with van der Waals surface area (Å²) < 4.78 is 0. The molecule has 0 saturated carbocycles. The Balaban J connectivity index is 1.47. The molecule has 0 saturated heterocycles. The maximum absolute atomic E-state index is 12.6. The molecule has 1 aromatic carbocycles. The van der Waals surface area contributed by atoms with E-state index in [1.165, 1.54) is 16.0 Å². The molecule has 0 amide bonds. The van der Waals surface area contributed by atoms with E-state index in [4.69, 9.17) is 0 Å². The number of benzene rings is 1. The molecule has 4 aromatic rings. The average Bonchev–Trinajstić information content (AvgIpc) is 3.24. The third kappa shape index (κ3) is 3.35. The Morgan fingerprint density at radius 1 is 1.03 bits per heavy atom. The molecule has 1 N–H and O–H groups in total. The van der Waals surface area contributed by atoms with E-state index in [1.807, 2.05) is 18.4 Å². The highest BCUT2D eigenvalue weighted by Crippen LogP contribution is 2.34. The molecule has 0 fully saturated rings. The lowest BCUT2D eigenvalue weighted by molar-refractivity contribution is 0.0963. The fourth-order valence-corrected chi connectivity index (χ4v) is 4.76. The van der Waals surface area contributed by atoms with Gasteiger partial charge in [0.25, 0.3) is 0 Å². The Morgan fingerprint density at radius 3 is 2.67 bits per heavy atom. The third-order valence-corrected chi connectivity index (χ3v) is 6.75. The summed E-state index contributed by atoms with van der Waals surface area (Å²) in [4.78, 5) is 32.0. The van der Waals surface area contributed by atoms with Gasteiger partial charge in [-0.3, -0.25) is 10.1 Å². The number of rotatable bonds is 3. The maximum atomic E-state index is 12.6. The number of ketones is 1. The average molecular weight is 416 g/mol. The van der Waals surface area contributed by atoms with Crippen molar-refractivity contribution in [1.29, 1.82) is 0 Å². The number of nitrogens with one attached hydrogen (secondary N) is 1. The van der Waals surface area contributed by atoms with Crippen molar-refractivity contribution in [2.24, 2.45) is 0 Å². The number of Topliss-reactive ketones (excluding diaryl/α,β-unsaturated/α-hetero) is 1. The Hall–Kier alpha value is -3.19. The van der Waals surface area contributed by atoms with Gasteiger partial charge in [0.2, 0.25) is 11.9 Å². The number of hydrogen-bond acceptors (Lipinski definition) is 7. The topological polar surface area (TPSA) is 80.7 Å². The van der Waals surface area contributed by atoms with E-state index in [0.29, 0.717) is 23.9 Å². The van der Waals surface area contributed by atoms with Crippen LogP contribution in [-0.4, -0.2) is 25.7 Å². The van der Waals surface area contributed by atoms with E-state index in [0.717, 1.165) is 28.7 Å². The zero-order chi connectivity index (χ0) is 20.8. The lowest BCUT2D eigenvalue weighted by Gasteiger charge is -2.22. The molecule has 0 aliphatic heterocycles. The van der Waals surface area contributed by atoms with Crippen LogP contribution in [0.15, 0.2) is 35.8 Å². The Morgan fingerprint density at radius 2 is 1.87 bits per heavy atom. The number of fused-ring (bicyclic) bond motifs is 2. The molecule has 6 nitrogen and oxygen atoms in total. The number of hydrogen-bond donors (Lipinski definition) is 1. The summed E-state index contributed by atoms with van der Waals surface area (Å²) in [5.74, 6) is 1.15. The first-order chi connectivity index (χ1) is 14.5. The van der Waals surface area contributed by atoms with Crippen molar-refractivity contribution >= 4 is 39.9 Å². The van der Waals surface area contributed by atoms with Gasteiger partial charge in [0.15, 0.2) is 5.78 Å². The minimum absolute atomic E-state index is 0.102. The van der Waals surface area contributed by atoms with E-state index >= 15 is 0 Å². The van der Waals surface area contributed by atoms with Crippen LogP contribution in [0.25, 0.3) is 10.9 Å². The van der Waals surface area contributed by atoms with Crippen molar-refractivity contribution in [2.45, 2.75) is 39.5 Å². The first-order valence-electron chi connectivity index (χ1n) is 9.93. The molecular formula is C23H21N5OS. The zero-order valence-corrected chi connectivity index (χ0v) is 17.9. The fraction of sp³-hybridized carbons (Fsp3) is 0.261. The number of nitrogens with zero attached hydrogens (tertiary/aromatic N) is 4. The highest BCUT2D eigenvalue weighted by molar-refractivity contribution is 7.10. The molecule has 1 aliphatic rings. The van der Waals surface area contributed by atoms with Crippen molar-refractivity contribution in [1.82, 2.24) is 19.9 Å². The Bertz CT molecular complexity index is 1280. The molecule has 1 aliphatic carbocycles. The number of anilines is 2. The predicted octanol–water partition coefficient (Wildman–Crippen LogP) is 5.06. The first kappa shape index (κ1) is 18.8. The summed E-state index contributed by atoms with van der Waals surface area (Å²) in [6.07, 6.45) is 2.86. The highest BCUT2D eigenvalue weighted by atomic mass is 32.1. The Labute approximate surface area is 178 Å². The predicted molar refractivity (Wildman–Crippen MR) is 119 cm³/mol. The van der Waals surface area contributed by atoms with E-state index in [2.05, 4.69) is 57.3 Å². The normalized spacial score (nSPS) is 16.0. The number of carbonyl (C=O) groups excluding carboxylic acids is 1. The molecule has 7 heteroatoms. The van der Waals surface area contributed by atoms with Gasteiger partial charge in [0.1, 0.15) is 0 Å². The van der Waals surface area contributed by atoms with Gasteiger partial charge in [-0.05, 0) is 61.9 Å². The van der Waals surface area contributed by atoms with Crippen molar-refractivity contribution in [2.75, 3.05) is 5.32 Å². The summed E-state index contributed by atoms with van der Waals surface area (Å²) in [6.45, 7) is 6.14. The summed E-state index contributed by atoms with van der Waals surface area (Å²) in [6, 6.07) is 8.30. The molecule has 3 aromatic heterocycles. The fourth-order valence-electron chi connectivity index (χ4n) is 3.93. The Kier molecular flexibility index (Phi) is 4.55. The van der Waals surface area contributed by atoms with Gasteiger partial charge in [-0.2, -0.15) is 0 Å². The molecule has 1 unspecified atom stereocenters. The smallest absolute Gasteiger partial charge is 0.230 e. The van der Waals surface area contributed by atoms with Crippen LogP contribution in [0.4, 0.5) is 11.9 Å². The molecule has 30 heavy (non-hydrogen) atoms. The van der Waals surface area contributed by atoms with Crippen molar-refractivity contribution in [3.8, 4) is 0 Å². The van der Waals surface area contributed by atoms with Crippen LogP contribution in [-0.2, 0) is 6.42 Å². The lowest BCUT2D eigenvalue weighted by Crippen LogP contribution is -2.20. The van der Waals surface area contributed by atoms with Crippen LogP contribution < -0.4 is 5.32 Å². The summed E-state index contributed by atoms with van der Waals surface area (Å²) >= 11 is 1.69. The first-order valence-corrected chi connectivity index (χ1v) is 10.8. The largest absolute Gasteiger partial charge is 0.294 e. The van der Waals surface area contributed by atoms with Crippen LogP contribution in [0.2, 0.25) is 0 Å². The van der Waals surface area contributed by atoms with Gasteiger partial charge >= 0.3 is 0 Å². The summed E-state index contributed by atoms with van der Waals surface area (Å²) in [7, 11) is 0. The van der Waals surface area contributed by atoms with Crippen LogP contribution in [0.1, 0.15) is 50.1 Å². The van der Waals surface area contributed by atoms with Crippen LogP contribution in [0.5, 0.6) is 0 Å². The van der Waals surface area contributed by atoms with E-state index in [9.17, 15) is 4.79 Å². The number of thiophene rings is 1. The van der Waals surface area contributed by atoms with Gasteiger partial charge in [-0.25, -0.2) is 19.9 Å². The molecule has 0 bridgehead atoms. The van der Waals surface area contributed by atoms with Gasteiger partial charge in [-0.1, -0.05) is 6.07 Å². The van der Waals surface area contributed by atoms with Gasteiger partial charge < -0.3 is 0 Å². The minimum atomic E-state index is 0.102. The van der Waals surface area contributed by atoms with Gasteiger partial charge in [-0.15, -0.1) is 11.3 Å². The van der Waals surface area contributed by atoms with Gasteiger partial charge in [0.05, 0.1) is 22.5 Å². The quantitative estimate of drug-likeness (QED) is 0.504. The van der Waals surface area contributed by atoms with Crippen molar-refractivity contribution in [3.63, 3.8) is 0 Å². The van der Waals surface area contributed by atoms with E-state index < -0.39 is 0 Å². The molecule has 150 valence electrons. The second kappa shape index (κ2) is 7.25. The van der Waals surface area contributed by atoms with Crippen molar-refractivity contribution in [3.05, 3.63) is 68.8 Å². The monoisotopic (exact) mass is 415 g/mol. The highest BCUT2D eigenvalue weighted by Gasteiger charge is 2.28. The van der Waals surface area contributed by atoms with Crippen LogP contribution in [0, 0.1) is 20.8 Å². The SMILES string of the molecule is Cc1cc2nc(Nc3ncc4c(n3)CC(c3cccs3)CC4=O)nc(C)c2cc1C. The second-order valence-corrected chi connectivity index (χ2v) is 8.79. The summed E-state index contributed by atoms with van der Waals surface area (Å²) in [5, 5.41) is 6.22. The standard InChI is InChI=1S/C23H21N5OS/c1-12-7-16-14(3)25-23(27-18(16)8-13(12)2)28-22-24-11-17-19(26-22)9-15(10-20(17)29)21-5-4-6-30-21/h4-8,11,15H,9-10H2,1-3H3,(H,24,25,26,27,28).